The number of nitrogens with zero attached hydrogens (tertiary/aromatic N) is 15. The molecule has 115 heavy (non-hydrogen) atoms. The highest BCUT2D eigenvalue weighted by atomic mass is 15.4. The summed E-state index contributed by atoms with van der Waals surface area (Å²) in [6.45, 7) is 70.9. The molecule has 15 heteroatoms. The molecule has 0 saturated heterocycles. The van der Waals surface area contributed by atoms with Crippen molar-refractivity contribution in [1.82, 2.24) is 75.0 Å². The average molecular weight is 1590 g/mol. The average Bonchev–Trinajstić information content (AvgIpc) is 1.78. The van der Waals surface area contributed by atoms with Crippen molar-refractivity contribution >= 4 is 0 Å². The minimum Gasteiger partial charge on any atom is -0.252 e. The van der Waals surface area contributed by atoms with Crippen molar-refractivity contribution < 1.29 is 0 Å². The third kappa shape index (κ3) is 72.5. The van der Waals surface area contributed by atoms with Crippen LogP contribution in [-0.4, -0.2) is 75.0 Å². The molecule has 15 nitrogen and oxygen atoms in total. The minimum absolute atomic E-state index is 0.129. The summed E-state index contributed by atoms with van der Waals surface area (Å²) >= 11 is 0. The molecule has 0 atom stereocenters. The van der Waals surface area contributed by atoms with Crippen LogP contribution in [0.5, 0.6) is 0 Å². The zero-order chi connectivity index (χ0) is 86.7. The van der Waals surface area contributed by atoms with Crippen LogP contribution in [0.25, 0.3) is 0 Å². The van der Waals surface area contributed by atoms with E-state index in [0.29, 0.717) is 0 Å². The first-order valence-electron chi connectivity index (χ1n) is 45.2. The largest absolute Gasteiger partial charge is 0.252 e. The van der Waals surface area contributed by atoms with E-state index in [1.165, 1.54) is 154 Å². The van der Waals surface area contributed by atoms with Crippen molar-refractivity contribution in [3.8, 4) is 59.2 Å². The molecule has 5 aromatic rings. The van der Waals surface area contributed by atoms with Gasteiger partial charge in [0.25, 0.3) is 0 Å². The van der Waals surface area contributed by atoms with Gasteiger partial charge in [0.2, 0.25) is 0 Å². The Morgan fingerprint density at radius 1 is 0.191 bits per heavy atom. The topological polar surface area (TPSA) is 154 Å². The summed E-state index contributed by atoms with van der Waals surface area (Å²) in [5.74, 6) is 32.9. The number of hydrogen-bond acceptors (Lipinski definition) is 10. The lowest BCUT2D eigenvalue weighted by Crippen LogP contribution is -2.09. The monoisotopic (exact) mass is 1590 g/mol. The van der Waals surface area contributed by atoms with Gasteiger partial charge in [-0.3, -0.25) is 23.4 Å². The van der Waals surface area contributed by atoms with Crippen LogP contribution in [0.1, 0.15) is 429 Å². The van der Waals surface area contributed by atoms with Crippen LogP contribution in [-0.2, 0) is 64.8 Å². The van der Waals surface area contributed by atoms with E-state index in [2.05, 4.69) is 349 Å². The summed E-state index contributed by atoms with van der Waals surface area (Å²) in [6, 6.07) is 0. The molecular weight excluding hydrogens is 1410 g/mol. The smallest absolute Gasteiger partial charge is 0.0832 e. The lowest BCUT2D eigenvalue weighted by Gasteiger charge is -2.15. The standard InChI is InChI=1S/C22H39N3.C21H37N3.C20H35N3.C19H33N3.C18H31N3/c1-21(2,3)16-14-12-10-8-7-9-11-13-15-17-25-19-20(23-24-25)18-22(4,5)6;1-20(2,3)15-13-11-9-7-8-10-12-14-16-24-18-19(22-23-24)17-21(4,5)6;1-19(2,3)14-12-10-8-7-9-11-13-15-23-17-18(21-22-23)16-20(4,5)6;1-18(2,3)13-11-9-7-8-10-12-14-22-16-17(20-21-22)15-19(4,5)6;1-17(2,3)12-10-8-7-9-11-13-21-15-16(19-20-21)14-18(4,5)6/h19H,7-13,15,17-18H2,1-6H3;18H,7-12,14,16-17H2,1-6H3;17H,7-11,13,15-16H2,1-6H3;16H,7-10,12,14-15H2,1-6H3;15H,7-9,11,13-14H2,1-6H3. The van der Waals surface area contributed by atoms with E-state index in [9.17, 15) is 0 Å². The van der Waals surface area contributed by atoms with Crippen LogP contribution >= 0.6 is 0 Å². The van der Waals surface area contributed by atoms with E-state index in [-0.39, 0.29) is 54.1 Å². The van der Waals surface area contributed by atoms with Crippen molar-refractivity contribution in [2.45, 2.75) is 465 Å². The van der Waals surface area contributed by atoms with Gasteiger partial charge in [-0.2, -0.15) is 0 Å². The van der Waals surface area contributed by atoms with Crippen molar-refractivity contribution in [2.24, 2.45) is 54.1 Å². The predicted molar refractivity (Wildman–Crippen MR) is 491 cm³/mol. The Bertz CT molecular complexity index is 3630. The van der Waals surface area contributed by atoms with E-state index in [1.54, 1.807) is 0 Å². The van der Waals surface area contributed by atoms with Gasteiger partial charge in [0, 0.05) is 123 Å². The molecule has 0 spiro atoms. The quantitative estimate of drug-likeness (QED) is 0.0273. The zero-order valence-electron chi connectivity index (χ0n) is 80.4. The van der Waals surface area contributed by atoms with Crippen molar-refractivity contribution in [2.75, 3.05) is 0 Å². The molecule has 0 bridgehead atoms. The van der Waals surface area contributed by atoms with Crippen molar-refractivity contribution in [1.29, 1.82) is 0 Å². The molecule has 5 heterocycles. The first-order valence-corrected chi connectivity index (χ1v) is 45.2. The van der Waals surface area contributed by atoms with Crippen LogP contribution < -0.4 is 0 Å². The molecular formula is C100H175N15. The summed E-state index contributed by atoms with van der Waals surface area (Å²) in [5, 5.41) is 42.5. The van der Waals surface area contributed by atoms with Crippen LogP contribution in [0.3, 0.4) is 0 Å². The Morgan fingerprint density at radius 3 is 0.461 bits per heavy atom. The summed E-state index contributed by atoms with van der Waals surface area (Å²) in [7, 11) is 0. The highest BCUT2D eigenvalue weighted by Crippen LogP contribution is 2.25. The van der Waals surface area contributed by atoms with Gasteiger partial charge >= 0.3 is 0 Å². The van der Waals surface area contributed by atoms with E-state index in [1.807, 2.05) is 23.4 Å². The van der Waals surface area contributed by atoms with Gasteiger partial charge in [0.1, 0.15) is 0 Å². The maximum absolute atomic E-state index is 4.28. The number of hydrogen-bond donors (Lipinski definition) is 0. The van der Waals surface area contributed by atoms with Crippen LogP contribution in [0, 0.1) is 113 Å². The SMILES string of the molecule is CC(C)(C)C#CCCCCCCCCCn1cc(CC(C)(C)C)nn1.CC(C)(C)C#CCCCCCCCCn1cc(CC(C)(C)C)nn1.CC(C)(C)C#CCCCCCCCn1cc(CC(C)(C)C)nn1.CC(C)(C)C#CCCCCCCn1cc(CC(C)(C)C)nn1.CC(C)(C)C#CCCCCCn1cc(CC(C)(C)C)nn1. The van der Waals surface area contributed by atoms with E-state index in [4.69, 9.17) is 0 Å². The Hall–Kier alpha value is -6.50. The maximum atomic E-state index is 4.28. The van der Waals surface area contributed by atoms with Crippen LogP contribution in [0.15, 0.2) is 31.0 Å². The molecule has 0 aromatic carbocycles. The number of rotatable bonds is 40. The van der Waals surface area contributed by atoms with E-state index in [0.717, 1.165) is 132 Å². The van der Waals surface area contributed by atoms with Crippen LogP contribution in [0.4, 0.5) is 0 Å². The van der Waals surface area contributed by atoms with Gasteiger partial charge in [-0.25, -0.2) is 0 Å². The molecule has 5 rings (SSSR count). The summed E-state index contributed by atoms with van der Waals surface area (Å²) < 4.78 is 9.97. The van der Waals surface area contributed by atoms with E-state index < -0.39 is 0 Å². The lowest BCUT2D eigenvalue weighted by molar-refractivity contribution is 0.405. The Morgan fingerprint density at radius 2 is 0.322 bits per heavy atom. The molecule has 0 unspecified atom stereocenters. The Balaban J connectivity index is 0.000000720. The second-order valence-corrected chi connectivity index (χ2v) is 43.9. The predicted octanol–water partition coefficient (Wildman–Crippen LogP) is 26.3. The van der Waals surface area contributed by atoms with E-state index >= 15 is 0 Å². The van der Waals surface area contributed by atoms with Gasteiger partial charge in [-0.1, -0.05) is 256 Å². The molecule has 5 aromatic heterocycles. The highest BCUT2D eigenvalue weighted by molar-refractivity contribution is 5.10. The molecule has 650 valence electrons. The summed E-state index contributed by atoms with van der Waals surface area (Å²) in [6.07, 6.45) is 52.0. The first kappa shape index (κ1) is 107. The fourth-order valence-electron chi connectivity index (χ4n) is 12.1. The van der Waals surface area contributed by atoms with Crippen molar-refractivity contribution in [3.05, 3.63) is 59.5 Å². The lowest BCUT2D eigenvalue weighted by atomic mass is 9.91. The Labute approximate surface area is 709 Å². The number of aromatic nitrogens is 15. The normalized spacial score (nSPS) is 12.1. The second kappa shape index (κ2) is 55.3. The third-order valence-corrected chi connectivity index (χ3v) is 17.2. The van der Waals surface area contributed by atoms with Gasteiger partial charge in [-0.15, -0.1) is 55.1 Å². The van der Waals surface area contributed by atoms with Crippen LogP contribution in [0.2, 0.25) is 0 Å². The molecule has 0 aliphatic carbocycles. The summed E-state index contributed by atoms with van der Waals surface area (Å²) in [4.78, 5) is 0. The summed E-state index contributed by atoms with van der Waals surface area (Å²) in [5.41, 5.74) is 7.60. The fraction of sp³-hybridized carbons (Fsp3) is 0.800. The molecule has 0 amide bonds. The third-order valence-electron chi connectivity index (χ3n) is 17.2. The first-order chi connectivity index (χ1) is 53.3. The van der Waals surface area contributed by atoms with Gasteiger partial charge in [0.15, 0.2) is 0 Å². The fourth-order valence-corrected chi connectivity index (χ4v) is 12.1. The minimum atomic E-state index is 0.129. The zero-order valence-corrected chi connectivity index (χ0v) is 80.4. The Kier molecular flexibility index (Phi) is 51.2. The molecule has 0 aliphatic rings. The van der Waals surface area contributed by atoms with Crippen molar-refractivity contribution in [3.63, 3.8) is 0 Å². The maximum Gasteiger partial charge on any atom is 0.0832 e. The van der Waals surface area contributed by atoms with Gasteiger partial charge in [-0.05, 0) is 227 Å². The molecule has 0 aliphatic heterocycles. The molecule has 0 saturated carbocycles. The number of aryl methyl sites for hydroxylation is 5. The van der Waals surface area contributed by atoms with Gasteiger partial charge < -0.3 is 0 Å². The highest BCUT2D eigenvalue weighted by Gasteiger charge is 2.19. The molecule has 0 N–H and O–H groups in total. The molecule has 0 fully saturated rings. The molecule has 0 radical (unpaired) electrons. The second-order valence-electron chi connectivity index (χ2n) is 43.9. The van der Waals surface area contributed by atoms with Gasteiger partial charge in [0.05, 0.1) is 28.5 Å². The number of unbranched alkanes of at least 4 members (excludes halogenated alkanes) is 25.